The molecule has 0 bridgehead atoms. The molecule has 2 aliphatic rings. The van der Waals surface area contributed by atoms with Gasteiger partial charge in [0.15, 0.2) is 11.5 Å². The first kappa shape index (κ1) is 24.0. The fourth-order valence-electron chi connectivity index (χ4n) is 4.86. The highest BCUT2D eigenvalue weighted by Gasteiger charge is 2.46. The van der Waals surface area contributed by atoms with Crippen LogP contribution in [0.15, 0.2) is 48.5 Å². The Morgan fingerprint density at radius 2 is 1.79 bits per heavy atom. The summed E-state index contributed by atoms with van der Waals surface area (Å²) in [5.41, 5.74) is 1.88. The molecular weight excluding hydrogens is 440 g/mol. The van der Waals surface area contributed by atoms with Gasteiger partial charge in [0.2, 0.25) is 10.0 Å². The molecule has 2 atom stereocenters. The highest BCUT2D eigenvalue weighted by molar-refractivity contribution is 7.89. The molecule has 1 saturated carbocycles. The molecule has 180 valence electrons. The summed E-state index contributed by atoms with van der Waals surface area (Å²) in [4.78, 5) is 5.72. The van der Waals surface area contributed by atoms with E-state index in [0.717, 1.165) is 36.8 Å². The number of hydrogen-bond acceptors (Lipinski definition) is 6. The van der Waals surface area contributed by atoms with E-state index in [9.17, 15) is 8.42 Å². The van der Waals surface area contributed by atoms with Crippen molar-refractivity contribution in [1.29, 1.82) is 0 Å². The van der Waals surface area contributed by atoms with Crippen molar-refractivity contribution >= 4 is 10.0 Å². The molecule has 0 N–H and O–H groups in total. The van der Waals surface area contributed by atoms with Crippen LogP contribution in [0.2, 0.25) is 0 Å². The normalized spacial score (nSPS) is 22.5. The minimum Gasteiger partial charge on any atom is -0.493 e. The standard InChI is InChI=1S/C25H34N2O5S/c1-26-25(24(18-32-26)33(28,29)27(2)21-12-8-5-9-13-21)20-14-15-22(23(16-20)30-3)31-17-19-10-6-4-7-11-19/h4,6-7,10-11,14-16,21,24-25H,5,8-9,12-13,17-18H2,1-3H3/t24-,25-/m1/s1. The second-order valence-corrected chi connectivity index (χ2v) is 11.1. The number of methoxy groups -OCH3 is 1. The lowest BCUT2D eigenvalue weighted by Crippen LogP contribution is -2.45. The number of sulfonamides is 1. The number of hydrogen-bond donors (Lipinski definition) is 0. The number of nitrogens with zero attached hydrogens (tertiary/aromatic N) is 2. The number of hydroxylamine groups is 2. The molecule has 0 spiro atoms. The highest BCUT2D eigenvalue weighted by atomic mass is 32.2. The van der Waals surface area contributed by atoms with Crippen LogP contribution in [0.3, 0.4) is 0 Å². The minimum absolute atomic E-state index is 0.0682. The molecule has 7 nitrogen and oxygen atoms in total. The second-order valence-electron chi connectivity index (χ2n) is 8.86. The number of rotatable bonds is 8. The fourth-order valence-corrected chi connectivity index (χ4v) is 6.80. The van der Waals surface area contributed by atoms with Crippen molar-refractivity contribution in [3.8, 4) is 11.5 Å². The van der Waals surface area contributed by atoms with Gasteiger partial charge in [-0.1, -0.05) is 55.7 Å². The molecule has 0 aromatic heterocycles. The van der Waals surface area contributed by atoms with E-state index in [2.05, 4.69) is 0 Å². The quantitative estimate of drug-likeness (QED) is 0.572. The molecule has 2 aromatic carbocycles. The fraction of sp³-hybridized carbons (Fsp3) is 0.520. The lowest BCUT2D eigenvalue weighted by molar-refractivity contribution is -0.110. The van der Waals surface area contributed by atoms with Crippen LogP contribution in [0.4, 0.5) is 0 Å². The van der Waals surface area contributed by atoms with Gasteiger partial charge in [-0.25, -0.2) is 12.7 Å². The highest BCUT2D eigenvalue weighted by Crippen LogP contribution is 2.39. The first-order chi connectivity index (χ1) is 15.9. The maximum absolute atomic E-state index is 13.6. The Labute approximate surface area is 197 Å². The summed E-state index contributed by atoms with van der Waals surface area (Å²) in [5.74, 6) is 1.19. The van der Waals surface area contributed by atoms with Gasteiger partial charge in [0, 0.05) is 20.1 Å². The molecule has 33 heavy (non-hydrogen) atoms. The van der Waals surface area contributed by atoms with Gasteiger partial charge < -0.3 is 9.47 Å². The zero-order valence-electron chi connectivity index (χ0n) is 19.6. The Bertz CT molecular complexity index is 1020. The lowest BCUT2D eigenvalue weighted by atomic mass is 9.96. The Balaban J connectivity index is 1.55. The van der Waals surface area contributed by atoms with Crippen LogP contribution < -0.4 is 9.47 Å². The summed E-state index contributed by atoms with van der Waals surface area (Å²) in [6.45, 7) is 0.557. The van der Waals surface area contributed by atoms with Gasteiger partial charge in [-0.15, -0.1) is 0 Å². The third-order valence-corrected chi connectivity index (χ3v) is 9.09. The maximum atomic E-state index is 13.6. The minimum atomic E-state index is -3.55. The molecule has 0 unspecified atom stereocenters. The average Bonchev–Trinajstić information content (AvgIpc) is 3.25. The van der Waals surface area contributed by atoms with E-state index >= 15 is 0 Å². The Morgan fingerprint density at radius 3 is 2.48 bits per heavy atom. The molecule has 1 aliphatic heterocycles. The molecule has 2 aromatic rings. The van der Waals surface area contributed by atoms with E-state index in [1.54, 1.807) is 30.6 Å². The van der Waals surface area contributed by atoms with E-state index in [1.807, 2.05) is 48.5 Å². The zero-order valence-corrected chi connectivity index (χ0v) is 20.5. The van der Waals surface area contributed by atoms with Crippen LogP contribution in [-0.4, -0.2) is 56.9 Å². The number of benzene rings is 2. The van der Waals surface area contributed by atoms with Crippen LogP contribution in [-0.2, 0) is 21.5 Å². The Kier molecular flexibility index (Phi) is 7.58. The molecule has 0 amide bonds. The van der Waals surface area contributed by atoms with E-state index in [-0.39, 0.29) is 12.6 Å². The molecule has 1 saturated heterocycles. The zero-order chi connectivity index (χ0) is 23.4. The SMILES string of the molecule is COc1cc([C@@H]2[C@H](S(=O)(=O)N(C)C3CCCCC3)CON2C)ccc1OCc1ccccc1. The molecule has 8 heteroatoms. The molecular formula is C25H34N2O5S. The van der Waals surface area contributed by atoms with E-state index in [1.165, 1.54) is 6.42 Å². The number of ether oxygens (including phenoxy) is 2. The van der Waals surface area contributed by atoms with E-state index in [4.69, 9.17) is 14.3 Å². The third-order valence-electron chi connectivity index (χ3n) is 6.83. The summed E-state index contributed by atoms with van der Waals surface area (Å²) in [7, 11) is 1.55. The molecule has 1 aliphatic carbocycles. The van der Waals surface area contributed by atoms with Gasteiger partial charge in [-0.3, -0.25) is 4.84 Å². The molecule has 1 heterocycles. The van der Waals surface area contributed by atoms with Crippen LogP contribution >= 0.6 is 0 Å². The average molecular weight is 475 g/mol. The van der Waals surface area contributed by atoms with Crippen molar-refractivity contribution in [2.45, 2.75) is 56.0 Å². The van der Waals surface area contributed by atoms with Crippen molar-refractivity contribution < 1.29 is 22.7 Å². The Morgan fingerprint density at radius 1 is 1.06 bits per heavy atom. The van der Waals surface area contributed by atoms with Crippen molar-refractivity contribution in [3.05, 3.63) is 59.7 Å². The van der Waals surface area contributed by atoms with Gasteiger partial charge in [0.25, 0.3) is 0 Å². The van der Waals surface area contributed by atoms with E-state index < -0.39 is 21.3 Å². The summed E-state index contributed by atoms with van der Waals surface area (Å²) in [6.07, 6.45) is 5.18. The van der Waals surface area contributed by atoms with Gasteiger partial charge in [0.05, 0.1) is 19.8 Å². The lowest BCUT2D eigenvalue weighted by Gasteiger charge is -2.33. The van der Waals surface area contributed by atoms with E-state index in [0.29, 0.717) is 18.1 Å². The van der Waals surface area contributed by atoms with Gasteiger partial charge in [-0.2, -0.15) is 5.06 Å². The molecule has 0 radical (unpaired) electrons. The van der Waals surface area contributed by atoms with Crippen molar-refractivity contribution in [2.75, 3.05) is 27.8 Å². The summed E-state index contributed by atoms with van der Waals surface area (Å²) in [5, 5.41) is 0.964. The topological polar surface area (TPSA) is 68.3 Å². The molecule has 2 fully saturated rings. The van der Waals surface area contributed by atoms with Crippen LogP contribution in [0.1, 0.15) is 49.3 Å². The van der Waals surface area contributed by atoms with Crippen molar-refractivity contribution in [1.82, 2.24) is 9.37 Å². The van der Waals surface area contributed by atoms with Crippen molar-refractivity contribution in [3.63, 3.8) is 0 Å². The first-order valence-corrected chi connectivity index (χ1v) is 13.1. The van der Waals surface area contributed by atoms with Gasteiger partial charge in [-0.05, 0) is 36.1 Å². The smallest absolute Gasteiger partial charge is 0.221 e. The third kappa shape index (κ3) is 5.19. The first-order valence-electron chi connectivity index (χ1n) is 11.6. The van der Waals surface area contributed by atoms with Crippen LogP contribution in [0.25, 0.3) is 0 Å². The molecule has 4 rings (SSSR count). The van der Waals surface area contributed by atoms with Gasteiger partial charge >= 0.3 is 0 Å². The maximum Gasteiger partial charge on any atom is 0.221 e. The van der Waals surface area contributed by atoms with Gasteiger partial charge in [0.1, 0.15) is 11.9 Å². The predicted molar refractivity (Wildman–Crippen MR) is 128 cm³/mol. The largest absolute Gasteiger partial charge is 0.493 e. The predicted octanol–water partition coefficient (Wildman–Crippen LogP) is 4.16. The second kappa shape index (κ2) is 10.4. The summed E-state index contributed by atoms with van der Waals surface area (Å²) < 4.78 is 40.4. The monoisotopic (exact) mass is 474 g/mol. The van der Waals surface area contributed by atoms with Crippen molar-refractivity contribution in [2.24, 2.45) is 0 Å². The summed E-state index contributed by atoms with van der Waals surface area (Å²) in [6, 6.07) is 15.2. The van der Waals surface area contributed by atoms with Crippen LogP contribution in [0.5, 0.6) is 11.5 Å². The Hall–Kier alpha value is -2.13. The van der Waals surface area contributed by atoms with Crippen LogP contribution in [0, 0.1) is 0 Å². The summed E-state index contributed by atoms with van der Waals surface area (Å²) >= 11 is 0.